The lowest BCUT2D eigenvalue weighted by molar-refractivity contribution is 0.372. The fourth-order valence-corrected chi connectivity index (χ4v) is 3.15. The summed E-state index contributed by atoms with van der Waals surface area (Å²) in [6.07, 6.45) is 1.76. The molecular weight excluding hydrogens is 265 g/mol. The quantitative estimate of drug-likeness (QED) is 0.859. The molecule has 1 aliphatic carbocycles. The van der Waals surface area contributed by atoms with E-state index in [2.05, 4.69) is 18.2 Å². The molecule has 21 heavy (non-hydrogen) atoms. The molecule has 2 nitrogen and oxygen atoms in total. The molecule has 106 valence electrons. The monoisotopic (exact) mass is 281 g/mol. The van der Waals surface area contributed by atoms with Gasteiger partial charge in [-0.1, -0.05) is 36.4 Å². The van der Waals surface area contributed by atoms with Gasteiger partial charge in [-0.05, 0) is 42.0 Å². The maximum absolute atomic E-state index is 14.3. The highest BCUT2D eigenvalue weighted by atomic mass is 19.1. The van der Waals surface area contributed by atoms with Crippen molar-refractivity contribution in [2.24, 2.45) is 5.41 Å². The Kier molecular flexibility index (Phi) is 3.39. The lowest BCUT2D eigenvalue weighted by atomic mass is 9.80. The number of methoxy groups -OCH3 is 1. The maximum atomic E-state index is 14.3. The van der Waals surface area contributed by atoms with Gasteiger partial charge in [-0.15, -0.1) is 0 Å². The van der Waals surface area contributed by atoms with Crippen molar-refractivity contribution in [1.82, 2.24) is 0 Å². The van der Waals surface area contributed by atoms with Gasteiger partial charge < -0.3 is 4.74 Å². The van der Waals surface area contributed by atoms with Crippen molar-refractivity contribution in [3.63, 3.8) is 0 Å². The van der Waals surface area contributed by atoms with E-state index >= 15 is 0 Å². The summed E-state index contributed by atoms with van der Waals surface area (Å²) in [5.41, 5.74) is 2.38. The van der Waals surface area contributed by atoms with Crippen LogP contribution in [0.15, 0.2) is 42.5 Å². The van der Waals surface area contributed by atoms with Gasteiger partial charge in [0.05, 0.1) is 18.6 Å². The summed E-state index contributed by atoms with van der Waals surface area (Å²) in [6.45, 7) is 0. The fourth-order valence-electron chi connectivity index (χ4n) is 3.15. The van der Waals surface area contributed by atoms with Crippen molar-refractivity contribution in [2.75, 3.05) is 7.11 Å². The third-order valence-electron chi connectivity index (χ3n) is 4.21. The average molecular weight is 281 g/mol. The van der Waals surface area contributed by atoms with E-state index in [1.165, 1.54) is 18.2 Å². The van der Waals surface area contributed by atoms with E-state index in [9.17, 15) is 9.65 Å². The molecular formula is C18H16FNO. The van der Waals surface area contributed by atoms with Crippen LogP contribution in [0.25, 0.3) is 0 Å². The summed E-state index contributed by atoms with van der Waals surface area (Å²) in [7, 11) is 1.45. The molecule has 3 rings (SSSR count). The number of nitriles is 1. The second-order valence-corrected chi connectivity index (χ2v) is 5.62. The molecule has 0 unspecified atom stereocenters. The summed E-state index contributed by atoms with van der Waals surface area (Å²) in [4.78, 5) is 0. The van der Waals surface area contributed by atoms with Crippen LogP contribution in [0.4, 0.5) is 4.39 Å². The zero-order valence-electron chi connectivity index (χ0n) is 11.9. The van der Waals surface area contributed by atoms with E-state index in [0.717, 1.165) is 0 Å². The van der Waals surface area contributed by atoms with Gasteiger partial charge in [-0.3, -0.25) is 0 Å². The van der Waals surface area contributed by atoms with Gasteiger partial charge in [0, 0.05) is 0 Å². The molecule has 0 saturated carbocycles. The lowest BCUT2D eigenvalue weighted by Crippen LogP contribution is -2.23. The minimum Gasteiger partial charge on any atom is -0.494 e. The van der Waals surface area contributed by atoms with Crippen molar-refractivity contribution >= 4 is 0 Å². The van der Waals surface area contributed by atoms with Crippen LogP contribution in [-0.4, -0.2) is 7.11 Å². The number of fused-ring (bicyclic) bond motifs is 1. The third kappa shape index (κ3) is 2.38. The Balaban J connectivity index is 1.93. The van der Waals surface area contributed by atoms with Crippen molar-refractivity contribution in [1.29, 1.82) is 5.26 Å². The van der Waals surface area contributed by atoms with Gasteiger partial charge in [-0.2, -0.15) is 5.26 Å². The van der Waals surface area contributed by atoms with Crippen LogP contribution >= 0.6 is 0 Å². The first kappa shape index (κ1) is 13.6. The molecule has 0 atom stereocenters. The smallest absolute Gasteiger partial charge is 0.168 e. The molecule has 0 N–H and O–H groups in total. The highest BCUT2D eigenvalue weighted by Crippen LogP contribution is 2.40. The highest BCUT2D eigenvalue weighted by Gasteiger charge is 2.38. The van der Waals surface area contributed by atoms with E-state index in [0.29, 0.717) is 24.8 Å². The first-order valence-corrected chi connectivity index (χ1v) is 6.97. The Bertz CT molecular complexity index is 692. The average Bonchev–Trinajstić information content (AvgIpc) is 2.88. The Labute approximate surface area is 123 Å². The normalized spacial score (nSPS) is 15.3. The van der Waals surface area contributed by atoms with Crippen LogP contribution in [0, 0.1) is 22.6 Å². The largest absolute Gasteiger partial charge is 0.494 e. The number of hydrogen-bond donors (Lipinski definition) is 0. The molecule has 2 aromatic carbocycles. The number of ether oxygens (including phenoxy) is 1. The molecule has 3 heteroatoms. The number of hydrogen-bond acceptors (Lipinski definition) is 2. The molecule has 0 heterocycles. The Morgan fingerprint density at radius 3 is 2.38 bits per heavy atom. The number of benzene rings is 2. The Morgan fingerprint density at radius 2 is 1.81 bits per heavy atom. The standard InChI is InChI=1S/C18H16FNO/c1-21-16-8-4-7-15(17(16)19)11-18(12-20)9-13-5-2-3-6-14(13)10-18/h2-8H,9-11H2,1H3. The molecule has 0 fully saturated rings. The molecule has 0 radical (unpaired) electrons. The van der Waals surface area contributed by atoms with Crippen molar-refractivity contribution in [3.8, 4) is 11.8 Å². The minimum absolute atomic E-state index is 0.233. The van der Waals surface area contributed by atoms with E-state index in [1.54, 1.807) is 18.2 Å². The van der Waals surface area contributed by atoms with E-state index in [1.807, 2.05) is 12.1 Å². The van der Waals surface area contributed by atoms with Gasteiger partial charge in [0.1, 0.15) is 0 Å². The van der Waals surface area contributed by atoms with E-state index < -0.39 is 5.41 Å². The highest BCUT2D eigenvalue weighted by molar-refractivity contribution is 5.40. The first-order chi connectivity index (χ1) is 10.2. The van der Waals surface area contributed by atoms with Gasteiger partial charge in [0.25, 0.3) is 0 Å². The topological polar surface area (TPSA) is 33.0 Å². The molecule has 2 aromatic rings. The second kappa shape index (κ2) is 5.21. The van der Waals surface area contributed by atoms with Crippen LogP contribution in [0.5, 0.6) is 5.75 Å². The van der Waals surface area contributed by atoms with Crippen LogP contribution in [0.3, 0.4) is 0 Å². The van der Waals surface area contributed by atoms with Crippen molar-refractivity contribution in [2.45, 2.75) is 19.3 Å². The molecule has 0 amide bonds. The van der Waals surface area contributed by atoms with Crippen LogP contribution in [-0.2, 0) is 19.3 Å². The summed E-state index contributed by atoms with van der Waals surface area (Å²) < 4.78 is 19.3. The second-order valence-electron chi connectivity index (χ2n) is 5.62. The zero-order valence-corrected chi connectivity index (χ0v) is 11.9. The summed E-state index contributed by atoms with van der Waals surface area (Å²) in [5, 5.41) is 9.66. The van der Waals surface area contributed by atoms with Crippen LogP contribution in [0.2, 0.25) is 0 Å². The summed E-state index contributed by atoms with van der Waals surface area (Å²) in [6, 6.07) is 15.6. The molecule has 0 aromatic heterocycles. The third-order valence-corrected chi connectivity index (χ3v) is 4.21. The van der Waals surface area contributed by atoms with Gasteiger partial charge >= 0.3 is 0 Å². The number of nitrogens with zero attached hydrogens (tertiary/aromatic N) is 1. The fraction of sp³-hybridized carbons (Fsp3) is 0.278. The summed E-state index contributed by atoms with van der Waals surface area (Å²) in [5.74, 6) is -0.123. The zero-order chi connectivity index (χ0) is 14.9. The Hall–Kier alpha value is -2.34. The molecule has 0 bridgehead atoms. The maximum Gasteiger partial charge on any atom is 0.168 e. The predicted octanol–water partition coefficient (Wildman–Crippen LogP) is 3.69. The number of rotatable bonds is 3. The van der Waals surface area contributed by atoms with Gasteiger partial charge in [0.2, 0.25) is 0 Å². The molecule has 0 aliphatic heterocycles. The van der Waals surface area contributed by atoms with Crippen LogP contribution < -0.4 is 4.74 Å². The van der Waals surface area contributed by atoms with E-state index in [-0.39, 0.29) is 11.6 Å². The molecule has 0 saturated heterocycles. The lowest BCUT2D eigenvalue weighted by Gasteiger charge is -2.21. The van der Waals surface area contributed by atoms with Crippen molar-refractivity contribution < 1.29 is 9.13 Å². The van der Waals surface area contributed by atoms with Gasteiger partial charge in [-0.25, -0.2) is 4.39 Å². The van der Waals surface area contributed by atoms with Crippen molar-refractivity contribution in [3.05, 3.63) is 65.0 Å². The molecule has 0 spiro atoms. The number of halogens is 1. The van der Waals surface area contributed by atoms with E-state index in [4.69, 9.17) is 4.74 Å². The SMILES string of the molecule is COc1cccc(CC2(C#N)Cc3ccccc3C2)c1F. The molecule has 1 aliphatic rings. The summed E-state index contributed by atoms with van der Waals surface area (Å²) >= 11 is 0. The van der Waals surface area contributed by atoms with Gasteiger partial charge in [0.15, 0.2) is 11.6 Å². The predicted molar refractivity (Wildman–Crippen MR) is 78.6 cm³/mol. The minimum atomic E-state index is -0.559. The van der Waals surface area contributed by atoms with Crippen LogP contribution in [0.1, 0.15) is 16.7 Å². The Morgan fingerprint density at radius 1 is 1.14 bits per heavy atom. The first-order valence-electron chi connectivity index (χ1n) is 6.97.